The molecule has 3 rings (SSSR count). The average Bonchev–Trinajstić information content (AvgIpc) is 3.09. The molecule has 0 aliphatic carbocycles. The largest absolute Gasteiger partial charge is 0.416 e. The minimum Gasteiger partial charge on any atom is -0.382 e. The van der Waals surface area contributed by atoms with Crippen LogP contribution in [0.15, 0.2) is 24.4 Å². The first-order valence-corrected chi connectivity index (χ1v) is 7.28. The molecule has 1 saturated heterocycles. The van der Waals surface area contributed by atoms with E-state index in [9.17, 15) is 23.5 Å². The van der Waals surface area contributed by atoms with Crippen LogP contribution in [0.25, 0.3) is 0 Å². The van der Waals surface area contributed by atoms with Crippen molar-refractivity contribution in [2.24, 2.45) is 0 Å². The summed E-state index contributed by atoms with van der Waals surface area (Å²) >= 11 is 0. The monoisotopic (exact) mass is 337 g/mol. The van der Waals surface area contributed by atoms with Gasteiger partial charge < -0.3 is 10.0 Å². The van der Waals surface area contributed by atoms with Gasteiger partial charge in [0.15, 0.2) is 0 Å². The standard InChI is InChI=1S/C15H14F3N5O/c16-15(17,18)11-2-3-12(10(6-11)7-19)23-5-1-4-14(24,9-23)13-8-20-22-21-13/h2-3,6,8,24H,1,4-5,9H2,(H,20,21,22). The van der Waals surface area contributed by atoms with Crippen molar-refractivity contribution in [1.29, 1.82) is 5.26 Å². The van der Waals surface area contributed by atoms with Crippen LogP contribution in [0.1, 0.15) is 29.7 Å². The third kappa shape index (κ3) is 2.92. The number of piperidine rings is 1. The van der Waals surface area contributed by atoms with Crippen molar-refractivity contribution in [2.75, 3.05) is 18.0 Å². The van der Waals surface area contributed by atoms with E-state index in [-0.39, 0.29) is 12.1 Å². The lowest BCUT2D eigenvalue weighted by Crippen LogP contribution is -2.46. The number of benzene rings is 1. The molecule has 9 heteroatoms. The molecule has 1 aliphatic rings. The van der Waals surface area contributed by atoms with Gasteiger partial charge in [-0.25, -0.2) is 0 Å². The number of nitrogens with one attached hydrogen (secondary N) is 1. The summed E-state index contributed by atoms with van der Waals surface area (Å²) in [5, 5.41) is 30.0. The zero-order chi connectivity index (χ0) is 17.4. The van der Waals surface area contributed by atoms with E-state index < -0.39 is 17.3 Å². The molecule has 1 aliphatic heterocycles. The van der Waals surface area contributed by atoms with Crippen LogP contribution in [-0.4, -0.2) is 33.6 Å². The van der Waals surface area contributed by atoms with Gasteiger partial charge in [-0.1, -0.05) is 0 Å². The number of β-amino-alcohol motifs (C(OH)–C–C–N with tert-alkyl or cyclic N) is 1. The zero-order valence-corrected chi connectivity index (χ0v) is 12.5. The summed E-state index contributed by atoms with van der Waals surface area (Å²) in [6.45, 7) is 0.653. The fourth-order valence-electron chi connectivity index (χ4n) is 2.95. The molecule has 0 radical (unpaired) electrons. The molecule has 0 saturated carbocycles. The van der Waals surface area contributed by atoms with Gasteiger partial charge in [0.05, 0.1) is 29.6 Å². The second-order valence-corrected chi connectivity index (χ2v) is 5.75. The molecule has 0 amide bonds. The molecule has 2 heterocycles. The summed E-state index contributed by atoms with van der Waals surface area (Å²) in [4.78, 5) is 1.71. The number of halogens is 3. The predicted octanol–water partition coefficient (Wildman–Crippen LogP) is 2.18. The quantitative estimate of drug-likeness (QED) is 0.877. The topological polar surface area (TPSA) is 88.8 Å². The molecular weight excluding hydrogens is 323 g/mol. The number of hydrogen-bond donors (Lipinski definition) is 2. The van der Waals surface area contributed by atoms with Crippen molar-refractivity contribution in [3.63, 3.8) is 0 Å². The van der Waals surface area contributed by atoms with E-state index in [1.165, 1.54) is 12.3 Å². The van der Waals surface area contributed by atoms with E-state index in [0.717, 1.165) is 12.1 Å². The molecule has 1 fully saturated rings. The first kappa shape index (κ1) is 16.3. The maximum Gasteiger partial charge on any atom is 0.416 e. The van der Waals surface area contributed by atoms with Crippen LogP contribution in [0.2, 0.25) is 0 Å². The first-order valence-electron chi connectivity index (χ1n) is 7.28. The minimum atomic E-state index is -4.51. The third-order valence-corrected chi connectivity index (χ3v) is 4.15. The molecule has 126 valence electrons. The van der Waals surface area contributed by atoms with E-state index in [4.69, 9.17) is 0 Å². The van der Waals surface area contributed by atoms with Crippen LogP contribution >= 0.6 is 0 Å². The number of H-pyrrole nitrogens is 1. The summed E-state index contributed by atoms with van der Waals surface area (Å²) in [5.41, 5.74) is -1.47. The molecule has 6 nitrogen and oxygen atoms in total. The Bertz CT molecular complexity index is 768. The Labute approximate surface area is 135 Å². The lowest BCUT2D eigenvalue weighted by molar-refractivity contribution is -0.137. The van der Waals surface area contributed by atoms with Gasteiger partial charge in [-0.2, -0.15) is 33.8 Å². The van der Waals surface area contributed by atoms with Gasteiger partial charge in [0.1, 0.15) is 17.4 Å². The number of nitrogens with zero attached hydrogens (tertiary/aromatic N) is 4. The van der Waals surface area contributed by atoms with E-state index in [0.29, 0.717) is 30.8 Å². The van der Waals surface area contributed by atoms with Crippen molar-refractivity contribution >= 4 is 5.69 Å². The number of alkyl halides is 3. The van der Waals surface area contributed by atoms with Crippen LogP contribution < -0.4 is 4.90 Å². The summed E-state index contributed by atoms with van der Waals surface area (Å²) in [7, 11) is 0. The molecular formula is C15H14F3N5O. The van der Waals surface area contributed by atoms with Crippen LogP contribution in [0.3, 0.4) is 0 Å². The van der Waals surface area contributed by atoms with Crippen molar-refractivity contribution < 1.29 is 18.3 Å². The molecule has 1 unspecified atom stereocenters. The summed E-state index contributed by atoms with van der Waals surface area (Å²) < 4.78 is 38.4. The Hall–Kier alpha value is -2.60. The number of aromatic amines is 1. The van der Waals surface area contributed by atoms with Crippen LogP contribution in [0.5, 0.6) is 0 Å². The van der Waals surface area contributed by atoms with E-state index in [1.54, 1.807) is 4.90 Å². The van der Waals surface area contributed by atoms with Gasteiger partial charge in [0.2, 0.25) is 0 Å². The van der Waals surface area contributed by atoms with Crippen molar-refractivity contribution in [1.82, 2.24) is 15.4 Å². The Kier molecular flexibility index (Phi) is 3.93. The van der Waals surface area contributed by atoms with E-state index >= 15 is 0 Å². The number of anilines is 1. The lowest BCUT2D eigenvalue weighted by Gasteiger charge is -2.39. The van der Waals surface area contributed by atoms with Crippen LogP contribution in [0.4, 0.5) is 18.9 Å². The number of rotatable bonds is 2. The molecule has 2 N–H and O–H groups in total. The highest BCUT2D eigenvalue weighted by molar-refractivity contribution is 5.61. The van der Waals surface area contributed by atoms with Crippen LogP contribution in [-0.2, 0) is 11.8 Å². The second kappa shape index (κ2) is 5.79. The molecule has 1 aromatic heterocycles. The minimum absolute atomic E-state index is 0.0748. The van der Waals surface area contributed by atoms with Crippen LogP contribution in [0, 0.1) is 11.3 Å². The smallest absolute Gasteiger partial charge is 0.382 e. The lowest BCUT2D eigenvalue weighted by atomic mass is 9.89. The molecule has 0 bridgehead atoms. The van der Waals surface area contributed by atoms with Crippen molar-refractivity contribution in [2.45, 2.75) is 24.6 Å². The number of aromatic nitrogens is 3. The summed E-state index contributed by atoms with van der Waals surface area (Å²) in [5.74, 6) is 0. The highest BCUT2D eigenvalue weighted by Gasteiger charge is 2.38. The maximum atomic E-state index is 12.8. The zero-order valence-electron chi connectivity index (χ0n) is 12.5. The van der Waals surface area contributed by atoms with Crippen molar-refractivity contribution in [3.8, 4) is 6.07 Å². The SMILES string of the molecule is N#Cc1cc(C(F)(F)F)ccc1N1CCCC(O)(c2cn[nH]n2)C1. The Balaban J connectivity index is 1.93. The highest BCUT2D eigenvalue weighted by atomic mass is 19.4. The fourth-order valence-corrected chi connectivity index (χ4v) is 2.95. The van der Waals surface area contributed by atoms with Gasteiger partial charge >= 0.3 is 6.18 Å². The third-order valence-electron chi connectivity index (χ3n) is 4.15. The molecule has 0 spiro atoms. The van der Waals surface area contributed by atoms with Gasteiger partial charge in [0.25, 0.3) is 0 Å². The van der Waals surface area contributed by atoms with Gasteiger partial charge in [0, 0.05) is 6.54 Å². The number of nitriles is 1. The van der Waals surface area contributed by atoms with Crippen molar-refractivity contribution in [3.05, 3.63) is 41.2 Å². The van der Waals surface area contributed by atoms with Gasteiger partial charge in [-0.05, 0) is 31.0 Å². The maximum absolute atomic E-state index is 12.8. The Morgan fingerprint density at radius 3 is 2.79 bits per heavy atom. The number of hydrogen-bond acceptors (Lipinski definition) is 5. The first-order chi connectivity index (χ1) is 11.3. The Morgan fingerprint density at radius 2 is 2.17 bits per heavy atom. The predicted molar refractivity (Wildman–Crippen MR) is 77.9 cm³/mol. The van der Waals surface area contributed by atoms with Gasteiger partial charge in [-0.3, -0.25) is 0 Å². The summed E-state index contributed by atoms with van der Waals surface area (Å²) in [6, 6.07) is 4.86. The number of aliphatic hydroxyl groups is 1. The summed E-state index contributed by atoms with van der Waals surface area (Å²) in [6.07, 6.45) is -2.03. The fraction of sp³-hybridized carbons (Fsp3) is 0.400. The molecule has 1 aromatic carbocycles. The van der Waals surface area contributed by atoms with E-state index in [2.05, 4.69) is 15.4 Å². The molecule has 2 aromatic rings. The van der Waals surface area contributed by atoms with E-state index in [1.807, 2.05) is 6.07 Å². The Morgan fingerprint density at radius 1 is 1.38 bits per heavy atom. The second-order valence-electron chi connectivity index (χ2n) is 5.75. The molecule has 24 heavy (non-hydrogen) atoms. The average molecular weight is 337 g/mol. The molecule has 1 atom stereocenters. The highest BCUT2D eigenvalue weighted by Crippen LogP contribution is 2.36. The van der Waals surface area contributed by atoms with Gasteiger partial charge in [-0.15, -0.1) is 0 Å². The normalized spacial score (nSPS) is 21.5.